The van der Waals surface area contributed by atoms with Crippen LogP contribution >= 0.6 is 0 Å². The lowest BCUT2D eigenvalue weighted by Crippen LogP contribution is -2.48. The van der Waals surface area contributed by atoms with Crippen LogP contribution < -0.4 is 10.2 Å². The highest BCUT2D eigenvalue weighted by atomic mass is 16.1. The normalized spacial score (nSPS) is 16.6. The number of piperazine rings is 1. The zero-order valence-corrected chi connectivity index (χ0v) is 17.4. The average molecular weight is 382 g/mol. The minimum atomic E-state index is -0.0805. The summed E-state index contributed by atoms with van der Waals surface area (Å²) in [5.74, 6) is 0.606. The van der Waals surface area contributed by atoms with Crippen LogP contribution in [0.5, 0.6) is 0 Å². The first-order chi connectivity index (χ1) is 13.5. The number of likely N-dealkylation sites (N-methyl/N-ethyl adjacent to an activating group) is 1. The van der Waals surface area contributed by atoms with Crippen LogP contribution in [-0.2, 0) is 0 Å². The maximum atomic E-state index is 12.9. The van der Waals surface area contributed by atoms with Gasteiger partial charge in [-0.1, -0.05) is 29.8 Å². The van der Waals surface area contributed by atoms with E-state index in [4.69, 9.17) is 0 Å². The van der Waals surface area contributed by atoms with Gasteiger partial charge in [0.25, 0.3) is 5.91 Å². The van der Waals surface area contributed by atoms with E-state index < -0.39 is 0 Å². The van der Waals surface area contributed by atoms with Crippen molar-refractivity contribution in [3.05, 3.63) is 59.3 Å². The molecule has 1 aliphatic rings. The van der Waals surface area contributed by atoms with E-state index in [0.717, 1.165) is 26.2 Å². The van der Waals surface area contributed by atoms with Gasteiger partial charge in [-0.05, 0) is 31.7 Å². The summed E-state index contributed by atoms with van der Waals surface area (Å²) in [6.45, 7) is 6.77. The van der Waals surface area contributed by atoms with E-state index in [9.17, 15) is 4.79 Å². The fraction of sp³-hybridized carbons (Fsp3) is 0.455. The van der Waals surface area contributed by atoms with Gasteiger partial charge < -0.3 is 15.1 Å². The third kappa shape index (κ3) is 4.88. The summed E-state index contributed by atoms with van der Waals surface area (Å²) in [5, 5.41) is 3.16. The van der Waals surface area contributed by atoms with Gasteiger partial charge in [0.2, 0.25) is 0 Å². The largest absolute Gasteiger partial charge is 0.362 e. The number of amides is 1. The summed E-state index contributed by atoms with van der Waals surface area (Å²) in [6.07, 6.45) is 1.71. The van der Waals surface area contributed by atoms with E-state index in [1.165, 1.54) is 11.1 Å². The Bertz CT molecular complexity index is 782. The average Bonchev–Trinajstić information content (AvgIpc) is 2.70. The predicted octanol–water partition coefficient (Wildman–Crippen LogP) is 2.17. The van der Waals surface area contributed by atoms with E-state index in [1.54, 1.807) is 12.3 Å². The molecule has 6 heteroatoms. The monoisotopic (exact) mass is 381 g/mol. The fourth-order valence-corrected chi connectivity index (χ4v) is 3.60. The Morgan fingerprint density at radius 1 is 1.14 bits per heavy atom. The summed E-state index contributed by atoms with van der Waals surface area (Å²) < 4.78 is 0. The minimum absolute atomic E-state index is 0.0805. The maximum Gasteiger partial charge on any atom is 0.255 e. The lowest BCUT2D eigenvalue weighted by atomic mass is 10.0. The SMILES string of the molecule is Cc1ccc(C(CNC(=O)c2cccnc2N(C)C)N2CCN(C)CC2)cc1. The van der Waals surface area contributed by atoms with E-state index in [2.05, 4.69) is 58.3 Å². The van der Waals surface area contributed by atoms with Crippen LogP contribution in [0, 0.1) is 6.92 Å². The Morgan fingerprint density at radius 2 is 1.82 bits per heavy atom. The highest BCUT2D eigenvalue weighted by Gasteiger charge is 2.25. The summed E-state index contributed by atoms with van der Waals surface area (Å²) in [5.41, 5.74) is 3.10. The van der Waals surface area contributed by atoms with Crippen LogP contribution in [0.1, 0.15) is 27.5 Å². The molecular weight excluding hydrogens is 350 g/mol. The molecule has 6 nitrogen and oxygen atoms in total. The van der Waals surface area contributed by atoms with Gasteiger partial charge in [-0.2, -0.15) is 0 Å². The van der Waals surface area contributed by atoms with Crippen LogP contribution in [0.3, 0.4) is 0 Å². The number of hydrogen-bond acceptors (Lipinski definition) is 5. The molecular formula is C22H31N5O. The molecule has 0 spiro atoms. The van der Waals surface area contributed by atoms with Crippen molar-refractivity contribution in [1.82, 2.24) is 20.1 Å². The minimum Gasteiger partial charge on any atom is -0.362 e. The van der Waals surface area contributed by atoms with Crippen molar-refractivity contribution < 1.29 is 4.79 Å². The first-order valence-electron chi connectivity index (χ1n) is 9.85. The van der Waals surface area contributed by atoms with E-state index in [1.807, 2.05) is 25.1 Å². The highest BCUT2D eigenvalue weighted by Crippen LogP contribution is 2.23. The predicted molar refractivity (Wildman–Crippen MR) is 114 cm³/mol. The number of anilines is 1. The first-order valence-corrected chi connectivity index (χ1v) is 9.85. The second-order valence-corrected chi connectivity index (χ2v) is 7.74. The molecule has 1 amide bonds. The van der Waals surface area contributed by atoms with Gasteiger partial charge >= 0.3 is 0 Å². The van der Waals surface area contributed by atoms with Crippen LogP contribution in [0.2, 0.25) is 0 Å². The third-order valence-electron chi connectivity index (χ3n) is 5.35. The van der Waals surface area contributed by atoms with Crippen LogP contribution in [0.15, 0.2) is 42.6 Å². The van der Waals surface area contributed by atoms with Crippen molar-refractivity contribution in [1.29, 1.82) is 0 Å². The summed E-state index contributed by atoms with van der Waals surface area (Å²) in [7, 11) is 5.96. The Morgan fingerprint density at radius 3 is 2.46 bits per heavy atom. The molecule has 1 aromatic heterocycles. The van der Waals surface area contributed by atoms with Crippen molar-refractivity contribution >= 4 is 11.7 Å². The van der Waals surface area contributed by atoms with Crippen LogP contribution in [-0.4, -0.2) is 74.6 Å². The number of benzene rings is 1. The smallest absolute Gasteiger partial charge is 0.255 e. The second-order valence-electron chi connectivity index (χ2n) is 7.74. The van der Waals surface area contributed by atoms with Crippen molar-refractivity contribution in [2.45, 2.75) is 13.0 Å². The molecule has 1 saturated heterocycles. The Hall–Kier alpha value is -2.44. The molecule has 1 unspecified atom stereocenters. The quantitative estimate of drug-likeness (QED) is 0.831. The van der Waals surface area contributed by atoms with Crippen molar-refractivity contribution in [3.8, 4) is 0 Å². The van der Waals surface area contributed by atoms with Crippen LogP contribution in [0.4, 0.5) is 5.82 Å². The molecule has 1 aromatic carbocycles. The Balaban J connectivity index is 1.76. The number of aromatic nitrogens is 1. The van der Waals surface area contributed by atoms with Crippen molar-refractivity contribution in [2.24, 2.45) is 0 Å². The summed E-state index contributed by atoms with van der Waals surface area (Å²) >= 11 is 0. The molecule has 1 aliphatic heterocycles. The number of nitrogens with one attached hydrogen (secondary N) is 1. The van der Waals surface area contributed by atoms with Gasteiger partial charge in [-0.25, -0.2) is 4.98 Å². The number of pyridine rings is 1. The summed E-state index contributed by atoms with van der Waals surface area (Å²) in [6, 6.07) is 12.4. The van der Waals surface area contributed by atoms with E-state index in [-0.39, 0.29) is 11.9 Å². The van der Waals surface area contributed by atoms with Gasteiger partial charge in [0, 0.05) is 53.0 Å². The molecule has 1 fully saturated rings. The molecule has 150 valence electrons. The molecule has 3 rings (SSSR count). The Labute approximate surface area is 168 Å². The van der Waals surface area contributed by atoms with Crippen LogP contribution in [0.25, 0.3) is 0 Å². The van der Waals surface area contributed by atoms with Gasteiger partial charge in [0.05, 0.1) is 11.6 Å². The zero-order valence-electron chi connectivity index (χ0n) is 17.4. The molecule has 2 heterocycles. The molecule has 0 radical (unpaired) electrons. The number of carbonyl (C=O) groups excluding carboxylic acids is 1. The molecule has 0 aliphatic carbocycles. The van der Waals surface area contributed by atoms with Gasteiger partial charge in [0.15, 0.2) is 0 Å². The summed E-state index contributed by atoms with van der Waals surface area (Å²) in [4.78, 5) is 23.9. The molecule has 1 atom stereocenters. The Kier molecular flexibility index (Phi) is 6.65. The number of hydrogen-bond donors (Lipinski definition) is 1. The second kappa shape index (κ2) is 9.17. The lowest BCUT2D eigenvalue weighted by Gasteiger charge is -2.38. The van der Waals surface area contributed by atoms with Gasteiger partial charge in [0.1, 0.15) is 5.82 Å². The molecule has 28 heavy (non-hydrogen) atoms. The molecule has 2 aromatic rings. The number of nitrogens with zero attached hydrogens (tertiary/aromatic N) is 4. The van der Waals surface area contributed by atoms with Gasteiger partial charge in [-0.15, -0.1) is 0 Å². The van der Waals surface area contributed by atoms with Gasteiger partial charge in [-0.3, -0.25) is 9.69 Å². The topological polar surface area (TPSA) is 51.7 Å². The van der Waals surface area contributed by atoms with E-state index >= 15 is 0 Å². The molecule has 1 N–H and O–H groups in total. The number of carbonyl (C=O) groups is 1. The standard InChI is InChI=1S/C22H31N5O/c1-17-7-9-18(10-8-17)20(27-14-12-26(4)13-15-27)16-24-22(28)19-6-5-11-23-21(19)25(2)3/h5-11,20H,12-16H2,1-4H3,(H,24,28). The van der Waals surface area contributed by atoms with Crippen molar-refractivity contribution in [3.63, 3.8) is 0 Å². The zero-order chi connectivity index (χ0) is 20.1. The number of rotatable bonds is 6. The first kappa shape index (κ1) is 20.3. The number of aryl methyl sites for hydroxylation is 1. The highest BCUT2D eigenvalue weighted by molar-refractivity contribution is 5.98. The van der Waals surface area contributed by atoms with E-state index in [0.29, 0.717) is 17.9 Å². The molecule has 0 saturated carbocycles. The lowest BCUT2D eigenvalue weighted by molar-refractivity contribution is 0.0886. The maximum absolute atomic E-state index is 12.9. The van der Waals surface area contributed by atoms with Crippen molar-refractivity contribution in [2.75, 3.05) is 58.8 Å². The third-order valence-corrected chi connectivity index (χ3v) is 5.35. The molecule has 0 bridgehead atoms. The fourth-order valence-electron chi connectivity index (χ4n) is 3.60.